The highest BCUT2D eigenvalue weighted by molar-refractivity contribution is 6.54. The van der Waals surface area contributed by atoms with Gasteiger partial charge in [-0.3, -0.25) is 0 Å². The van der Waals surface area contributed by atoms with E-state index in [1.54, 1.807) is 4.90 Å². The van der Waals surface area contributed by atoms with Gasteiger partial charge in [-0.2, -0.15) is 0 Å². The van der Waals surface area contributed by atoms with Crippen molar-refractivity contribution < 1.29 is 18.8 Å². The summed E-state index contributed by atoms with van der Waals surface area (Å²) in [6.45, 7) is 15.1. The van der Waals surface area contributed by atoms with Crippen molar-refractivity contribution in [2.45, 2.75) is 78.1 Å². The number of carbonyl (C=O) groups excluding carboxylic acids is 1. The molecule has 0 saturated carbocycles. The molecular weight excluding hydrogens is 293 g/mol. The molecule has 0 spiro atoms. The molecule has 2 aliphatic rings. The Hall–Kier alpha value is -1.01. The van der Waals surface area contributed by atoms with Gasteiger partial charge >= 0.3 is 13.2 Å². The summed E-state index contributed by atoms with van der Waals surface area (Å²) in [5.41, 5.74) is -0.0258. The first-order chi connectivity index (χ1) is 10.4. The van der Waals surface area contributed by atoms with E-state index in [0.717, 1.165) is 18.3 Å². The van der Waals surface area contributed by atoms with Crippen LogP contribution in [0.25, 0.3) is 0 Å². The van der Waals surface area contributed by atoms with E-state index in [1.165, 1.54) is 0 Å². The van der Waals surface area contributed by atoms with Crippen LogP contribution in [0.2, 0.25) is 0 Å². The lowest BCUT2D eigenvalue weighted by atomic mass is 9.75. The predicted octanol–water partition coefficient (Wildman–Crippen LogP) is 3.58. The van der Waals surface area contributed by atoms with Gasteiger partial charge in [-0.15, -0.1) is 0 Å². The van der Waals surface area contributed by atoms with Gasteiger partial charge in [0.25, 0.3) is 0 Å². The second-order valence-corrected chi connectivity index (χ2v) is 8.40. The van der Waals surface area contributed by atoms with E-state index in [9.17, 15) is 4.79 Å². The fraction of sp³-hybridized carbons (Fsp3) is 0.824. The third kappa shape index (κ3) is 4.30. The predicted molar refractivity (Wildman–Crippen MR) is 91.2 cm³/mol. The topological polar surface area (TPSA) is 48.0 Å². The van der Waals surface area contributed by atoms with Crippen LogP contribution in [0, 0.1) is 0 Å². The number of hydrogen-bond acceptors (Lipinski definition) is 4. The van der Waals surface area contributed by atoms with E-state index in [1.807, 2.05) is 20.8 Å². The number of ether oxygens (including phenoxy) is 1. The zero-order chi connectivity index (χ0) is 17.5. The lowest BCUT2D eigenvalue weighted by molar-refractivity contribution is 0.00578. The Morgan fingerprint density at radius 3 is 2.30 bits per heavy atom. The van der Waals surface area contributed by atoms with Gasteiger partial charge in [0.1, 0.15) is 5.60 Å². The van der Waals surface area contributed by atoms with Gasteiger partial charge in [0, 0.05) is 13.1 Å². The summed E-state index contributed by atoms with van der Waals surface area (Å²) in [5, 5.41) is 0. The first kappa shape index (κ1) is 18.3. The summed E-state index contributed by atoms with van der Waals surface area (Å²) in [6.07, 6.45) is 3.55. The van der Waals surface area contributed by atoms with E-state index in [2.05, 4.69) is 33.8 Å². The largest absolute Gasteiger partial charge is 0.490 e. The molecule has 0 aromatic carbocycles. The third-order valence-electron chi connectivity index (χ3n) is 4.68. The fourth-order valence-electron chi connectivity index (χ4n) is 2.60. The Labute approximate surface area is 140 Å². The highest BCUT2D eigenvalue weighted by atomic mass is 16.7. The summed E-state index contributed by atoms with van der Waals surface area (Å²) < 4.78 is 17.7. The van der Waals surface area contributed by atoms with E-state index in [4.69, 9.17) is 14.0 Å². The van der Waals surface area contributed by atoms with E-state index >= 15 is 0 Å². The Balaban J connectivity index is 2.03. The van der Waals surface area contributed by atoms with Gasteiger partial charge in [0.15, 0.2) is 0 Å². The van der Waals surface area contributed by atoms with Crippen LogP contribution in [0.4, 0.5) is 4.79 Å². The average Bonchev–Trinajstić information content (AvgIpc) is 2.55. The van der Waals surface area contributed by atoms with Gasteiger partial charge < -0.3 is 18.9 Å². The number of amides is 1. The molecule has 0 radical (unpaired) electrons. The maximum Gasteiger partial charge on any atom is 0.490 e. The van der Waals surface area contributed by atoms with Crippen molar-refractivity contribution in [1.29, 1.82) is 0 Å². The summed E-state index contributed by atoms with van der Waals surface area (Å²) in [6, 6.07) is 0. The number of hydrogen-bond donors (Lipinski definition) is 0. The van der Waals surface area contributed by atoms with Crippen molar-refractivity contribution >= 4 is 13.2 Å². The zero-order valence-electron chi connectivity index (χ0n) is 15.6. The molecule has 0 aliphatic carbocycles. The fourth-order valence-corrected chi connectivity index (χ4v) is 2.60. The first-order valence-corrected chi connectivity index (χ1v) is 8.44. The smallest absolute Gasteiger partial charge is 0.444 e. The van der Waals surface area contributed by atoms with Crippen LogP contribution >= 0.6 is 0 Å². The summed E-state index contributed by atoms with van der Waals surface area (Å²) in [5.74, 6) is 0. The van der Waals surface area contributed by atoms with Crippen molar-refractivity contribution in [3.05, 3.63) is 11.5 Å². The Kier molecular flexibility index (Phi) is 4.89. The molecule has 0 aromatic heterocycles. The van der Waals surface area contributed by atoms with Crippen molar-refractivity contribution in [2.75, 3.05) is 13.1 Å². The highest BCUT2D eigenvalue weighted by Crippen LogP contribution is 2.39. The third-order valence-corrected chi connectivity index (χ3v) is 4.68. The minimum atomic E-state index is -0.471. The molecule has 130 valence electrons. The normalized spacial score (nSPS) is 24.2. The number of nitrogens with zero attached hydrogens (tertiary/aromatic N) is 1. The maximum atomic E-state index is 12.2. The van der Waals surface area contributed by atoms with E-state index in [0.29, 0.717) is 13.1 Å². The van der Waals surface area contributed by atoms with Gasteiger partial charge in [0.2, 0.25) is 0 Å². The van der Waals surface area contributed by atoms with Crippen LogP contribution in [-0.2, 0) is 14.0 Å². The molecule has 2 heterocycles. The molecule has 2 aliphatic heterocycles. The molecule has 0 N–H and O–H groups in total. The molecule has 0 aromatic rings. The molecular formula is C17H30BNO4. The van der Waals surface area contributed by atoms with Gasteiger partial charge in [0.05, 0.1) is 11.2 Å². The van der Waals surface area contributed by atoms with Gasteiger partial charge in [-0.1, -0.05) is 6.08 Å². The summed E-state index contributed by atoms with van der Waals surface area (Å²) in [7, 11) is -0.321. The lowest BCUT2D eigenvalue weighted by Gasteiger charge is -2.32. The molecule has 0 atom stereocenters. The summed E-state index contributed by atoms with van der Waals surface area (Å²) >= 11 is 0. The second kappa shape index (κ2) is 6.13. The van der Waals surface area contributed by atoms with Crippen LogP contribution < -0.4 is 0 Å². The highest BCUT2D eigenvalue weighted by Gasteiger charge is 2.52. The number of allylic oxidation sites excluding steroid dienone is 1. The molecule has 5 nitrogen and oxygen atoms in total. The quantitative estimate of drug-likeness (QED) is 0.692. The minimum absolute atomic E-state index is 0.260. The van der Waals surface area contributed by atoms with E-state index < -0.39 is 5.60 Å². The van der Waals surface area contributed by atoms with Gasteiger partial charge in [-0.25, -0.2) is 4.79 Å². The molecule has 1 amide bonds. The van der Waals surface area contributed by atoms with Crippen molar-refractivity contribution in [1.82, 2.24) is 4.90 Å². The zero-order valence-corrected chi connectivity index (χ0v) is 15.6. The molecule has 0 unspecified atom stereocenters. The maximum absolute atomic E-state index is 12.2. The summed E-state index contributed by atoms with van der Waals surface area (Å²) in [4.78, 5) is 14.0. The average molecular weight is 323 g/mol. The van der Waals surface area contributed by atoms with Crippen LogP contribution in [0.1, 0.15) is 61.3 Å². The van der Waals surface area contributed by atoms with Crippen LogP contribution in [0.3, 0.4) is 0 Å². The van der Waals surface area contributed by atoms with Crippen LogP contribution in [0.15, 0.2) is 11.5 Å². The van der Waals surface area contributed by atoms with E-state index in [-0.39, 0.29) is 24.4 Å². The molecule has 6 heteroatoms. The first-order valence-electron chi connectivity index (χ1n) is 8.44. The Morgan fingerprint density at radius 1 is 1.22 bits per heavy atom. The number of rotatable bonds is 1. The Morgan fingerprint density at radius 2 is 1.78 bits per heavy atom. The second-order valence-electron chi connectivity index (χ2n) is 8.40. The minimum Gasteiger partial charge on any atom is -0.444 e. The number of carbonyl (C=O) groups is 1. The SMILES string of the molecule is CC(C)(C)OC(=O)N1CC=C(B2OC(C)(C)C(C)(C)O2)CCC1. The molecule has 1 fully saturated rings. The lowest BCUT2D eigenvalue weighted by Crippen LogP contribution is -2.41. The molecule has 1 saturated heterocycles. The van der Waals surface area contributed by atoms with Gasteiger partial charge in [-0.05, 0) is 66.8 Å². The van der Waals surface area contributed by atoms with Crippen molar-refractivity contribution in [3.63, 3.8) is 0 Å². The monoisotopic (exact) mass is 323 g/mol. The Bertz CT molecular complexity index is 477. The van der Waals surface area contributed by atoms with Crippen molar-refractivity contribution in [2.24, 2.45) is 0 Å². The standard InChI is InChI=1S/C17H30BNO4/c1-15(2,3)21-14(20)19-11-8-9-13(10-12-19)18-22-16(4,5)17(6,7)23-18/h10H,8-9,11-12H2,1-7H3. The molecule has 2 rings (SSSR count). The molecule has 23 heavy (non-hydrogen) atoms. The van der Waals surface area contributed by atoms with Crippen LogP contribution in [-0.4, -0.2) is 48.0 Å². The van der Waals surface area contributed by atoms with Crippen LogP contribution in [0.5, 0.6) is 0 Å². The van der Waals surface area contributed by atoms with Crippen molar-refractivity contribution in [3.8, 4) is 0 Å². The molecule has 0 bridgehead atoms.